The Morgan fingerprint density at radius 1 is 1.18 bits per heavy atom. The number of halogens is 3. The minimum atomic E-state index is -0.985. The number of anilines is 2. The van der Waals surface area contributed by atoms with E-state index in [1.165, 1.54) is 16.8 Å². The molecule has 0 spiro atoms. The second-order valence-corrected chi connectivity index (χ2v) is 8.44. The van der Waals surface area contributed by atoms with Gasteiger partial charge < -0.3 is 10.6 Å². The number of nitrogens with zero attached hydrogens (tertiary/aromatic N) is 3. The summed E-state index contributed by atoms with van der Waals surface area (Å²) in [5.74, 6) is -3.42. The van der Waals surface area contributed by atoms with E-state index in [1.54, 1.807) is 25.1 Å². The molecule has 2 amide bonds. The highest BCUT2D eigenvalue weighted by Gasteiger charge is 2.45. The van der Waals surface area contributed by atoms with Crippen molar-refractivity contribution >= 4 is 34.9 Å². The number of aromatic nitrogens is 2. The molecule has 0 saturated carbocycles. The largest absolute Gasteiger partial charge is 0.321 e. The molecule has 0 bridgehead atoms. The molecule has 0 radical (unpaired) electrons. The molecule has 2 aliphatic heterocycles. The number of fused-ring (bicyclic) bond motifs is 1. The zero-order valence-electron chi connectivity index (χ0n) is 17.8. The third kappa shape index (κ3) is 3.98. The van der Waals surface area contributed by atoms with Gasteiger partial charge in [0.05, 0.1) is 17.3 Å². The van der Waals surface area contributed by atoms with Gasteiger partial charge >= 0.3 is 0 Å². The first kappa shape index (κ1) is 22.3. The molecular weight excluding hydrogens is 468 g/mol. The van der Waals surface area contributed by atoms with Crippen molar-refractivity contribution < 1.29 is 18.4 Å². The number of nitrogens with one attached hydrogen (secondary N) is 4. The van der Waals surface area contributed by atoms with E-state index in [0.29, 0.717) is 17.3 Å². The van der Waals surface area contributed by atoms with Crippen molar-refractivity contribution in [1.82, 2.24) is 25.8 Å². The topological polar surface area (TPSA) is 103 Å². The summed E-state index contributed by atoms with van der Waals surface area (Å²) in [6.45, 7) is 2.09. The third-order valence-corrected chi connectivity index (χ3v) is 5.94. The Kier molecular flexibility index (Phi) is 5.68. The molecule has 9 nitrogen and oxygen atoms in total. The van der Waals surface area contributed by atoms with Gasteiger partial charge in [0.1, 0.15) is 29.2 Å². The zero-order chi connectivity index (χ0) is 24.0. The van der Waals surface area contributed by atoms with E-state index in [0.717, 1.165) is 17.8 Å². The third-order valence-electron chi connectivity index (χ3n) is 5.71. The van der Waals surface area contributed by atoms with E-state index >= 15 is 0 Å². The molecule has 2 aromatic carbocycles. The van der Waals surface area contributed by atoms with E-state index in [4.69, 9.17) is 11.6 Å². The molecule has 2 saturated heterocycles. The van der Waals surface area contributed by atoms with Crippen LogP contribution in [0.2, 0.25) is 5.02 Å². The molecule has 3 heterocycles. The fourth-order valence-corrected chi connectivity index (χ4v) is 4.35. The van der Waals surface area contributed by atoms with Gasteiger partial charge in [-0.15, -0.1) is 0 Å². The number of hydrazine groups is 1. The van der Waals surface area contributed by atoms with Crippen LogP contribution in [0.25, 0.3) is 0 Å². The lowest BCUT2D eigenvalue weighted by molar-refractivity contribution is -0.129. The Labute approximate surface area is 198 Å². The zero-order valence-corrected chi connectivity index (χ0v) is 18.6. The fourth-order valence-electron chi connectivity index (χ4n) is 4.17. The number of carbonyl (C=O) groups excluding carboxylic acids is 2. The fraction of sp³-hybridized carbons (Fsp3) is 0.227. The maximum atomic E-state index is 14.1. The van der Waals surface area contributed by atoms with Gasteiger partial charge in [0.2, 0.25) is 5.91 Å². The average Bonchev–Trinajstić information content (AvgIpc) is 3.37. The maximum absolute atomic E-state index is 14.1. The van der Waals surface area contributed by atoms with Gasteiger partial charge in [-0.25, -0.2) is 18.9 Å². The lowest BCUT2D eigenvalue weighted by Gasteiger charge is -2.37. The molecule has 34 heavy (non-hydrogen) atoms. The monoisotopic (exact) mass is 487 g/mol. The van der Waals surface area contributed by atoms with E-state index in [1.807, 2.05) is 11.1 Å². The maximum Gasteiger partial charge on any atom is 0.262 e. The molecule has 0 aliphatic carbocycles. The summed E-state index contributed by atoms with van der Waals surface area (Å²) in [6.07, 6.45) is -1.29. The standard InChI is InChI=1S/C22H20ClF2N7O2/c1-11-8-17(27-21(34)18-15(24)6-3-7-16(18)25)32(30-11)22-28-19-14(20(33)29-22)10-26-31(19)13-5-2-4-12(23)9-13/h2-9,14,19,22,26,28H,10H2,1H3,(H,27,34)(H,29,33). The van der Waals surface area contributed by atoms with Crippen LogP contribution < -0.4 is 26.4 Å². The molecule has 4 N–H and O–H groups in total. The van der Waals surface area contributed by atoms with Crippen LogP contribution in [0.15, 0.2) is 48.5 Å². The minimum Gasteiger partial charge on any atom is -0.321 e. The van der Waals surface area contributed by atoms with Crippen molar-refractivity contribution in [2.45, 2.75) is 19.4 Å². The van der Waals surface area contributed by atoms with E-state index in [-0.39, 0.29) is 11.7 Å². The van der Waals surface area contributed by atoms with Crippen molar-refractivity contribution in [3.05, 3.63) is 76.4 Å². The van der Waals surface area contributed by atoms with Crippen LogP contribution in [-0.2, 0) is 4.79 Å². The van der Waals surface area contributed by atoms with Crippen molar-refractivity contribution in [1.29, 1.82) is 0 Å². The molecule has 3 aromatic rings. The Morgan fingerprint density at radius 3 is 2.65 bits per heavy atom. The van der Waals surface area contributed by atoms with Gasteiger partial charge in [-0.1, -0.05) is 23.7 Å². The van der Waals surface area contributed by atoms with Gasteiger partial charge in [-0.05, 0) is 37.3 Å². The number of hydrogen-bond acceptors (Lipinski definition) is 6. The number of hydrogen-bond donors (Lipinski definition) is 4. The summed E-state index contributed by atoms with van der Waals surface area (Å²) in [5, 5.41) is 15.4. The Bertz CT molecular complexity index is 1260. The second kappa shape index (κ2) is 8.67. The molecule has 2 fully saturated rings. The van der Waals surface area contributed by atoms with Crippen LogP contribution in [-0.4, -0.2) is 34.3 Å². The van der Waals surface area contributed by atoms with Gasteiger partial charge in [-0.3, -0.25) is 19.9 Å². The van der Waals surface area contributed by atoms with E-state index < -0.39 is 41.5 Å². The molecule has 3 atom stereocenters. The average molecular weight is 488 g/mol. The number of amides is 2. The molecule has 2 aliphatic rings. The van der Waals surface area contributed by atoms with Gasteiger partial charge in [-0.2, -0.15) is 5.10 Å². The first-order chi connectivity index (χ1) is 16.3. The predicted octanol–water partition coefficient (Wildman–Crippen LogP) is 2.52. The van der Waals surface area contributed by atoms with Crippen LogP contribution >= 0.6 is 11.6 Å². The molecule has 5 rings (SSSR count). The summed E-state index contributed by atoms with van der Waals surface area (Å²) >= 11 is 6.13. The molecular formula is C22H20ClF2N7O2. The number of benzene rings is 2. The van der Waals surface area contributed by atoms with Crippen molar-refractivity contribution in [2.75, 3.05) is 16.9 Å². The first-order valence-electron chi connectivity index (χ1n) is 10.5. The minimum absolute atomic E-state index is 0.154. The number of carbonyl (C=O) groups is 2. The highest BCUT2D eigenvalue weighted by atomic mass is 35.5. The van der Waals surface area contributed by atoms with Crippen molar-refractivity contribution in [3.63, 3.8) is 0 Å². The molecule has 176 valence electrons. The van der Waals surface area contributed by atoms with Crippen molar-refractivity contribution in [3.8, 4) is 0 Å². The van der Waals surface area contributed by atoms with Crippen LogP contribution in [0, 0.1) is 24.5 Å². The summed E-state index contributed by atoms with van der Waals surface area (Å²) in [7, 11) is 0. The van der Waals surface area contributed by atoms with Crippen LogP contribution in [0.5, 0.6) is 0 Å². The van der Waals surface area contributed by atoms with Crippen LogP contribution in [0.3, 0.4) is 0 Å². The summed E-state index contributed by atoms with van der Waals surface area (Å²) in [6, 6.07) is 11.9. The SMILES string of the molecule is Cc1cc(NC(=O)c2c(F)cccc2F)n(C2NC(=O)C3CNN(c4cccc(Cl)c4)C3N2)n1. The van der Waals surface area contributed by atoms with Gasteiger partial charge in [0.25, 0.3) is 5.91 Å². The second-order valence-electron chi connectivity index (χ2n) is 8.01. The van der Waals surface area contributed by atoms with E-state index in [9.17, 15) is 18.4 Å². The smallest absolute Gasteiger partial charge is 0.262 e. The molecule has 3 unspecified atom stereocenters. The lowest BCUT2D eigenvalue weighted by atomic mass is 10.0. The Balaban J connectivity index is 1.42. The Hall–Kier alpha value is -3.54. The summed E-state index contributed by atoms with van der Waals surface area (Å²) < 4.78 is 29.5. The highest BCUT2D eigenvalue weighted by molar-refractivity contribution is 6.30. The molecule has 1 aromatic heterocycles. The van der Waals surface area contributed by atoms with Gasteiger partial charge in [0, 0.05) is 17.6 Å². The lowest BCUT2D eigenvalue weighted by Crippen LogP contribution is -2.61. The number of rotatable bonds is 4. The predicted molar refractivity (Wildman–Crippen MR) is 121 cm³/mol. The van der Waals surface area contributed by atoms with E-state index in [2.05, 4.69) is 26.5 Å². The highest BCUT2D eigenvalue weighted by Crippen LogP contribution is 2.29. The quantitative estimate of drug-likeness (QED) is 0.451. The van der Waals surface area contributed by atoms with Gasteiger partial charge in [0.15, 0.2) is 6.29 Å². The van der Waals surface area contributed by atoms with Crippen LogP contribution in [0.4, 0.5) is 20.3 Å². The summed E-state index contributed by atoms with van der Waals surface area (Å²) in [5.41, 5.74) is 3.78. The summed E-state index contributed by atoms with van der Waals surface area (Å²) in [4.78, 5) is 25.5. The normalized spacial score (nSPS) is 21.8. The van der Waals surface area contributed by atoms with Crippen molar-refractivity contribution in [2.24, 2.45) is 5.92 Å². The number of aryl methyl sites for hydroxylation is 1. The Morgan fingerprint density at radius 2 is 1.91 bits per heavy atom. The molecule has 12 heteroatoms. The first-order valence-corrected chi connectivity index (χ1v) is 10.9. The van der Waals surface area contributed by atoms with Crippen LogP contribution in [0.1, 0.15) is 22.3 Å².